The van der Waals surface area contributed by atoms with Crippen LogP contribution in [0.25, 0.3) is 0 Å². The number of hydrogen-bond donors (Lipinski definition) is 2. The summed E-state index contributed by atoms with van der Waals surface area (Å²) in [6.07, 6.45) is 0. The molecule has 0 bridgehead atoms. The molecule has 0 spiro atoms. The number of allylic oxidation sites excluding steroid dienone is 2. The van der Waals surface area contributed by atoms with Crippen molar-refractivity contribution in [1.82, 2.24) is 0 Å². The number of ether oxygens (including phenoxy) is 2. The molecular weight excluding hydrogens is 439 g/mol. The summed E-state index contributed by atoms with van der Waals surface area (Å²) < 4.78 is 9.81. The van der Waals surface area contributed by atoms with Gasteiger partial charge in [0.05, 0.1) is 11.1 Å². The van der Waals surface area contributed by atoms with Crippen LogP contribution in [0.15, 0.2) is 70.1 Å². The van der Waals surface area contributed by atoms with Gasteiger partial charge in [-0.1, -0.05) is 23.2 Å². The molecule has 0 fully saturated rings. The summed E-state index contributed by atoms with van der Waals surface area (Å²) in [4.78, 5) is 49.2. The van der Waals surface area contributed by atoms with Gasteiger partial charge in [-0.15, -0.1) is 0 Å². The SMILES string of the molecule is O=C1C(Cl)=C(OC(=O)c2ccc(O)cc2)C(=O)C(Cl)=C1OC(=O)c1ccc(O)cc1. The van der Waals surface area contributed by atoms with Crippen LogP contribution >= 0.6 is 23.2 Å². The molecule has 2 aromatic carbocycles. The summed E-state index contributed by atoms with van der Waals surface area (Å²) >= 11 is 11.7. The Hall–Kier alpha value is -3.62. The molecule has 0 saturated heterocycles. The number of ketones is 2. The van der Waals surface area contributed by atoms with Crippen molar-refractivity contribution in [2.75, 3.05) is 0 Å². The highest BCUT2D eigenvalue weighted by molar-refractivity contribution is 6.55. The number of benzene rings is 2. The molecule has 2 aromatic rings. The third-order valence-electron chi connectivity index (χ3n) is 3.81. The van der Waals surface area contributed by atoms with Crippen molar-refractivity contribution in [3.63, 3.8) is 0 Å². The van der Waals surface area contributed by atoms with Crippen LogP contribution in [-0.2, 0) is 19.1 Å². The fourth-order valence-corrected chi connectivity index (χ4v) is 2.71. The van der Waals surface area contributed by atoms with Crippen LogP contribution in [0, 0.1) is 0 Å². The molecule has 0 heterocycles. The molecule has 0 amide bonds. The maximum Gasteiger partial charge on any atom is 0.343 e. The van der Waals surface area contributed by atoms with Crippen LogP contribution in [0.3, 0.4) is 0 Å². The van der Waals surface area contributed by atoms with Crippen molar-refractivity contribution < 1.29 is 38.9 Å². The second-order valence-corrected chi connectivity index (χ2v) is 6.57. The third-order valence-corrected chi connectivity index (χ3v) is 4.49. The first-order chi connectivity index (χ1) is 14.2. The molecule has 152 valence electrons. The summed E-state index contributed by atoms with van der Waals surface area (Å²) in [5, 5.41) is 16.9. The molecule has 30 heavy (non-hydrogen) atoms. The van der Waals surface area contributed by atoms with Gasteiger partial charge in [-0.3, -0.25) is 9.59 Å². The molecule has 0 unspecified atom stereocenters. The molecule has 2 N–H and O–H groups in total. The Morgan fingerprint density at radius 1 is 0.633 bits per heavy atom. The molecule has 0 atom stereocenters. The summed E-state index contributed by atoms with van der Waals surface area (Å²) in [6, 6.07) is 9.77. The molecule has 0 aromatic heterocycles. The van der Waals surface area contributed by atoms with Crippen molar-refractivity contribution in [3.8, 4) is 11.5 Å². The smallest absolute Gasteiger partial charge is 0.343 e. The average molecular weight is 449 g/mol. The minimum absolute atomic E-state index is 0.0327. The maximum atomic E-state index is 12.4. The van der Waals surface area contributed by atoms with Crippen LogP contribution in [0.5, 0.6) is 11.5 Å². The van der Waals surface area contributed by atoms with E-state index in [1.54, 1.807) is 0 Å². The van der Waals surface area contributed by atoms with Gasteiger partial charge in [0.1, 0.15) is 21.6 Å². The Kier molecular flexibility index (Phi) is 5.91. The maximum absolute atomic E-state index is 12.4. The number of rotatable bonds is 4. The number of hydrogen-bond acceptors (Lipinski definition) is 8. The van der Waals surface area contributed by atoms with E-state index in [-0.39, 0.29) is 22.6 Å². The third kappa shape index (κ3) is 4.19. The molecule has 0 saturated carbocycles. The lowest BCUT2D eigenvalue weighted by atomic mass is 10.1. The second-order valence-electron chi connectivity index (χ2n) is 5.82. The average Bonchev–Trinajstić information content (AvgIpc) is 2.73. The Morgan fingerprint density at radius 3 is 1.23 bits per heavy atom. The lowest BCUT2D eigenvalue weighted by molar-refractivity contribution is -0.119. The largest absolute Gasteiger partial charge is 0.508 e. The van der Waals surface area contributed by atoms with Gasteiger partial charge >= 0.3 is 11.9 Å². The van der Waals surface area contributed by atoms with Crippen molar-refractivity contribution in [2.45, 2.75) is 0 Å². The Bertz CT molecular complexity index is 1040. The Labute approximate surface area is 178 Å². The van der Waals surface area contributed by atoms with Crippen LogP contribution in [0.1, 0.15) is 20.7 Å². The predicted molar refractivity (Wildman–Crippen MR) is 103 cm³/mol. The molecular formula is C20H10Cl2O8. The van der Waals surface area contributed by atoms with Gasteiger partial charge in [0.2, 0.25) is 23.1 Å². The summed E-state index contributed by atoms with van der Waals surface area (Å²) in [5.41, 5.74) is -0.0654. The number of esters is 2. The molecule has 10 heteroatoms. The minimum atomic E-state index is -1.14. The normalized spacial score (nSPS) is 14.1. The topological polar surface area (TPSA) is 127 Å². The molecule has 0 radical (unpaired) electrons. The lowest BCUT2D eigenvalue weighted by Crippen LogP contribution is -2.26. The quantitative estimate of drug-likeness (QED) is 0.539. The van der Waals surface area contributed by atoms with E-state index in [0.29, 0.717) is 0 Å². The molecule has 3 rings (SSSR count). The van der Waals surface area contributed by atoms with Gasteiger partial charge in [-0.25, -0.2) is 9.59 Å². The van der Waals surface area contributed by atoms with E-state index in [1.165, 1.54) is 48.5 Å². The van der Waals surface area contributed by atoms with Crippen molar-refractivity contribution in [2.24, 2.45) is 0 Å². The van der Waals surface area contributed by atoms with Gasteiger partial charge in [-0.2, -0.15) is 0 Å². The van der Waals surface area contributed by atoms with Gasteiger partial charge in [0, 0.05) is 0 Å². The monoisotopic (exact) mass is 448 g/mol. The van der Waals surface area contributed by atoms with Crippen molar-refractivity contribution >= 4 is 46.7 Å². The number of carbonyl (C=O) groups is 4. The fraction of sp³-hybridized carbons (Fsp3) is 0. The first-order valence-electron chi connectivity index (χ1n) is 8.10. The number of Topliss-reactive ketones (excluding diaryl/α,β-unsaturated/α-hetero) is 2. The van der Waals surface area contributed by atoms with Crippen molar-refractivity contribution in [3.05, 3.63) is 81.2 Å². The van der Waals surface area contributed by atoms with E-state index in [9.17, 15) is 29.4 Å². The highest BCUT2D eigenvalue weighted by Gasteiger charge is 2.38. The van der Waals surface area contributed by atoms with E-state index >= 15 is 0 Å². The first-order valence-corrected chi connectivity index (χ1v) is 8.86. The predicted octanol–water partition coefficient (Wildman–Crippen LogP) is 3.16. The van der Waals surface area contributed by atoms with E-state index in [4.69, 9.17) is 32.7 Å². The highest BCUT2D eigenvalue weighted by Crippen LogP contribution is 2.32. The minimum Gasteiger partial charge on any atom is -0.508 e. The molecule has 1 aliphatic carbocycles. The highest BCUT2D eigenvalue weighted by atomic mass is 35.5. The zero-order valence-electron chi connectivity index (χ0n) is 14.7. The second kappa shape index (κ2) is 8.40. The van der Waals surface area contributed by atoms with Crippen LogP contribution in [-0.4, -0.2) is 33.7 Å². The number of aromatic hydroxyl groups is 2. The van der Waals surface area contributed by atoms with E-state index < -0.39 is 45.1 Å². The van der Waals surface area contributed by atoms with E-state index in [0.717, 1.165) is 0 Å². The number of phenolic OH excluding ortho intramolecular Hbond substituents is 2. The van der Waals surface area contributed by atoms with Gasteiger partial charge in [0.15, 0.2) is 0 Å². The summed E-state index contributed by atoms with van der Waals surface area (Å²) in [5.74, 6) is -6.18. The Morgan fingerprint density at radius 2 is 0.933 bits per heavy atom. The number of phenols is 2. The van der Waals surface area contributed by atoms with Crippen molar-refractivity contribution in [1.29, 1.82) is 0 Å². The van der Waals surface area contributed by atoms with Crippen LogP contribution in [0.2, 0.25) is 0 Å². The standard InChI is InChI=1S/C20H10Cl2O8/c21-13-16(26)18(30-20(28)10-3-7-12(24)8-4-10)14(22)15(25)17(13)29-19(27)9-1-5-11(23)6-2-9/h1-8,23-24H. The van der Waals surface area contributed by atoms with Gasteiger partial charge in [-0.05, 0) is 48.5 Å². The van der Waals surface area contributed by atoms with E-state index in [2.05, 4.69) is 0 Å². The molecule has 8 nitrogen and oxygen atoms in total. The zero-order valence-corrected chi connectivity index (χ0v) is 16.2. The first kappa shape index (κ1) is 21.1. The molecule has 0 aliphatic heterocycles. The molecule has 1 aliphatic rings. The number of halogens is 2. The summed E-state index contributed by atoms with van der Waals surface area (Å²) in [7, 11) is 0. The van der Waals surface area contributed by atoms with Gasteiger partial charge < -0.3 is 19.7 Å². The van der Waals surface area contributed by atoms with Gasteiger partial charge in [0.25, 0.3) is 0 Å². The van der Waals surface area contributed by atoms with E-state index in [1.807, 2.05) is 0 Å². The summed E-state index contributed by atoms with van der Waals surface area (Å²) in [6.45, 7) is 0. The zero-order chi connectivity index (χ0) is 22.0. The lowest BCUT2D eigenvalue weighted by Gasteiger charge is -2.17. The Balaban J connectivity index is 1.82. The van der Waals surface area contributed by atoms with Crippen LogP contribution in [0.4, 0.5) is 0 Å². The fourth-order valence-electron chi connectivity index (χ4n) is 2.29. The number of carbonyl (C=O) groups excluding carboxylic acids is 4. The van der Waals surface area contributed by atoms with Crippen LogP contribution < -0.4 is 0 Å².